The number of rotatable bonds is 1. The summed E-state index contributed by atoms with van der Waals surface area (Å²) in [6.45, 7) is 2.07. The Balaban J connectivity index is 2.18. The second-order valence-corrected chi connectivity index (χ2v) is 5.03. The van der Waals surface area contributed by atoms with Gasteiger partial charge in [-0.3, -0.25) is 0 Å². The van der Waals surface area contributed by atoms with E-state index in [1.165, 1.54) is 5.56 Å². The summed E-state index contributed by atoms with van der Waals surface area (Å²) in [5.41, 5.74) is 3.25. The molecule has 0 amide bonds. The summed E-state index contributed by atoms with van der Waals surface area (Å²) >= 11 is 3.43. The average Bonchev–Trinajstić information content (AvgIpc) is 2.75. The van der Waals surface area contributed by atoms with Crippen molar-refractivity contribution < 1.29 is 4.42 Å². The molecule has 0 radical (unpaired) electrons. The van der Waals surface area contributed by atoms with Crippen LogP contribution in [0.3, 0.4) is 0 Å². The lowest BCUT2D eigenvalue weighted by Gasteiger charge is -1.96. The quantitative estimate of drug-likeness (QED) is 0.601. The summed E-state index contributed by atoms with van der Waals surface area (Å²) in [4.78, 5) is 0. The molecule has 0 aliphatic rings. The largest absolute Gasteiger partial charge is 0.456 e. The van der Waals surface area contributed by atoms with Crippen molar-refractivity contribution in [2.45, 2.75) is 6.92 Å². The SMILES string of the molecule is Cc1cccc2cc(-c3ccc(Br)cc3)oc12. The highest BCUT2D eigenvalue weighted by Crippen LogP contribution is 2.30. The van der Waals surface area contributed by atoms with Crippen LogP contribution in [0.4, 0.5) is 0 Å². The summed E-state index contributed by atoms with van der Waals surface area (Å²) < 4.78 is 6.99. The number of aryl methyl sites for hydroxylation is 1. The zero-order valence-corrected chi connectivity index (χ0v) is 11.0. The second kappa shape index (κ2) is 4.04. The molecule has 1 aromatic heterocycles. The molecular formula is C15H11BrO. The third kappa shape index (κ3) is 1.89. The maximum absolute atomic E-state index is 5.91. The van der Waals surface area contributed by atoms with Crippen molar-refractivity contribution in [2.75, 3.05) is 0 Å². The van der Waals surface area contributed by atoms with Gasteiger partial charge in [0.2, 0.25) is 0 Å². The molecule has 0 N–H and O–H groups in total. The molecule has 0 bridgehead atoms. The third-order valence-electron chi connectivity index (χ3n) is 2.87. The summed E-state index contributed by atoms with van der Waals surface area (Å²) in [6, 6.07) is 16.4. The van der Waals surface area contributed by atoms with Gasteiger partial charge in [0, 0.05) is 15.4 Å². The number of hydrogen-bond acceptors (Lipinski definition) is 1. The van der Waals surface area contributed by atoms with E-state index in [9.17, 15) is 0 Å². The molecule has 3 rings (SSSR count). The van der Waals surface area contributed by atoms with Gasteiger partial charge in [-0.1, -0.05) is 46.3 Å². The minimum Gasteiger partial charge on any atom is -0.456 e. The van der Waals surface area contributed by atoms with Gasteiger partial charge in [-0.2, -0.15) is 0 Å². The van der Waals surface area contributed by atoms with Gasteiger partial charge in [0.25, 0.3) is 0 Å². The van der Waals surface area contributed by atoms with Gasteiger partial charge in [-0.05, 0) is 30.7 Å². The standard InChI is InChI=1S/C15H11BrO/c1-10-3-2-4-12-9-14(17-15(10)12)11-5-7-13(16)8-6-11/h2-9H,1H3. The molecule has 0 spiro atoms. The van der Waals surface area contributed by atoms with Crippen LogP contribution < -0.4 is 0 Å². The summed E-state index contributed by atoms with van der Waals surface area (Å²) in [5.74, 6) is 0.918. The van der Waals surface area contributed by atoms with Crippen LogP contribution >= 0.6 is 15.9 Å². The zero-order chi connectivity index (χ0) is 11.8. The lowest BCUT2D eigenvalue weighted by molar-refractivity contribution is 0.629. The molecule has 0 aliphatic heterocycles. The van der Waals surface area contributed by atoms with Gasteiger partial charge in [-0.15, -0.1) is 0 Å². The van der Waals surface area contributed by atoms with Gasteiger partial charge in [-0.25, -0.2) is 0 Å². The Kier molecular flexibility index (Phi) is 2.52. The normalized spacial score (nSPS) is 10.9. The van der Waals surface area contributed by atoms with E-state index in [4.69, 9.17) is 4.42 Å². The van der Waals surface area contributed by atoms with Gasteiger partial charge < -0.3 is 4.42 Å². The van der Waals surface area contributed by atoms with Crippen molar-refractivity contribution in [2.24, 2.45) is 0 Å². The lowest BCUT2D eigenvalue weighted by atomic mass is 10.1. The van der Waals surface area contributed by atoms with Crippen LogP contribution in [0.5, 0.6) is 0 Å². The number of furan rings is 1. The first-order valence-corrected chi connectivity index (χ1v) is 6.28. The molecule has 1 nitrogen and oxygen atoms in total. The molecule has 84 valence electrons. The minimum atomic E-state index is 0.918. The Hall–Kier alpha value is -1.54. The predicted octanol–water partition coefficient (Wildman–Crippen LogP) is 5.17. The summed E-state index contributed by atoms with van der Waals surface area (Å²) in [6.07, 6.45) is 0. The topological polar surface area (TPSA) is 13.1 Å². The Bertz CT molecular complexity index is 665. The highest BCUT2D eigenvalue weighted by molar-refractivity contribution is 9.10. The number of fused-ring (bicyclic) bond motifs is 1. The molecule has 17 heavy (non-hydrogen) atoms. The van der Waals surface area contributed by atoms with E-state index in [0.717, 1.165) is 26.8 Å². The maximum Gasteiger partial charge on any atom is 0.137 e. The van der Waals surface area contributed by atoms with Gasteiger partial charge >= 0.3 is 0 Å². The fourth-order valence-corrected chi connectivity index (χ4v) is 2.23. The van der Waals surface area contributed by atoms with E-state index in [1.54, 1.807) is 0 Å². The Morgan fingerprint density at radius 2 is 1.76 bits per heavy atom. The van der Waals surface area contributed by atoms with Crippen LogP contribution in [0.15, 0.2) is 57.4 Å². The van der Waals surface area contributed by atoms with E-state index < -0.39 is 0 Å². The van der Waals surface area contributed by atoms with Crippen molar-refractivity contribution in [3.63, 3.8) is 0 Å². The number of hydrogen-bond donors (Lipinski definition) is 0. The van der Waals surface area contributed by atoms with Crippen LogP contribution in [0.25, 0.3) is 22.3 Å². The van der Waals surface area contributed by atoms with Crippen molar-refractivity contribution in [1.29, 1.82) is 0 Å². The van der Waals surface area contributed by atoms with E-state index >= 15 is 0 Å². The molecule has 2 aromatic carbocycles. The van der Waals surface area contributed by atoms with Crippen LogP contribution in [-0.4, -0.2) is 0 Å². The molecule has 2 heteroatoms. The monoisotopic (exact) mass is 286 g/mol. The highest BCUT2D eigenvalue weighted by atomic mass is 79.9. The van der Waals surface area contributed by atoms with Crippen LogP contribution in [0, 0.1) is 6.92 Å². The smallest absolute Gasteiger partial charge is 0.137 e. The number of benzene rings is 2. The summed E-state index contributed by atoms with van der Waals surface area (Å²) in [5, 5.41) is 1.16. The maximum atomic E-state index is 5.91. The molecule has 0 fully saturated rings. The molecule has 0 saturated carbocycles. The third-order valence-corrected chi connectivity index (χ3v) is 3.40. The van der Waals surface area contributed by atoms with Gasteiger partial charge in [0.05, 0.1) is 0 Å². The van der Waals surface area contributed by atoms with E-state index in [0.29, 0.717) is 0 Å². The fourth-order valence-electron chi connectivity index (χ4n) is 1.97. The van der Waals surface area contributed by atoms with Gasteiger partial charge in [0.15, 0.2) is 0 Å². The van der Waals surface area contributed by atoms with Crippen molar-refractivity contribution in [3.8, 4) is 11.3 Å². The molecule has 0 unspecified atom stereocenters. The molecular weight excluding hydrogens is 276 g/mol. The van der Waals surface area contributed by atoms with E-state index in [2.05, 4.69) is 59.3 Å². The molecule has 1 heterocycles. The highest BCUT2D eigenvalue weighted by Gasteiger charge is 2.07. The first-order valence-electron chi connectivity index (χ1n) is 5.49. The molecule has 0 saturated heterocycles. The van der Waals surface area contributed by atoms with Crippen molar-refractivity contribution in [3.05, 3.63) is 58.6 Å². The van der Waals surface area contributed by atoms with Crippen molar-refractivity contribution in [1.82, 2.24) is 0 Å². The Labute approximate surface area is 108 Å². The average molecular weight is 287 g/mol. The Morgan fingerprint density at radius 3 is 2.47 bits per heavy atom. The zero-order valence-electron chi connectivity index (χ0n) is 9.41. The molecule has 0 atom stereocenters. The van der Waals surface area contributed by atoms with Crippen molar-refractivity contribution >= 4 is 26.9 Å². The van der Waals surface area contributed by atoms with Crippen LogP contribution in [0.2, 0.25) is 0 Å². The fraction of sp³-hybridized carbons (Fsp3) is 0.0667. The number of para-hydroxylation sites is 1. The predicted molar refractivity (Wildman–Crippen MR) is 74.1 cm³/mol. The van der Waals surface area contributed by atoms with E-state index in [1.807, 2.05) is 12.1 Å². The lowest BCUT2D eigenvalue weighted by Crippen LogP contribution is -1.72. The second-order valence-electron chi connectivity index (χ2n) is 4.11. The molecule has 0 aliphatic carbocycles. The number of halogens is 1. The minimum absolute atomic E-state index is 0.918. The first-order chi connectivity index (χ1) is 8.24. The van der Waals surface area contributed by atoms with Crippen LogP contribution in [0.1, 0.15) is 5.56 Å². The van der Waals surface area contributed by atoms with Crippen LogP contribution in [-0.2, 0) is 0 Å². The Morgan fingerprint density at radius 1 is 1.00 bits per heavy atom. The van der Waals surface area contributed by atoms with Gasteiger partial charge in [0.1, 0.15) is 11.3 Å². The first kappa shape index (κ1) is 10.6. The molecule has 3 aromatic rings. The summed E-state index contributed by atoms with van der Waals surface area (Å²) in [7, 11) is 0. The van der Waals surface area contributed by atoms with E-state index in [-0.39, 0.29) is 0 Å².